The van der Waals surface area contributed by atoms with Crippen molar-refractivity contribution in [1.82, 2.24) is 20.2 Å². The minimum absolute atomic E-state index is 0.137. The Balaban J connectivity index is 1.71. The van der Waals surface area contributed by atoms with Crippen molar-refractivity contribution in [1.29, 1.82) is 5.41 Å². The van der Waals surface area contributed by atoms with E-state index >= 15 is 0 Å². The van der Waals surface area contributed by atoms with Gasteiger partial charge in [-0.25, -0.2) is 4.98 Å². The fourth-order valence-electron chi connectivity index (χ4n) is 4.36. The molecule has 0 saturated carbocycles. The molecule has 5 N–H and O–H groups in total. The lowest BCUT2D eigenvalue weighted by molar-refractivity contribution is -0.114. The summed E-state index contributed by atoms with van der Waals surface area (Å²) in [5, 5.41) is 22.2. The van der Waals surface area contributed by atoms with Crippen LogP contribution >= 0.6 is 0 Å². The quantitative estimate of drug-likeness (QED) is 0.278. The second-order valence-corrected chi connectivity index (χ2v) is 8.26. The van der Waals surface area contributed by atoms with Crippen LogP contribution in [0.25, 0.3) is 22.0 Å². The second-order valence-electron chi connectivity index (χ2n) is 8.26. The van der Waals surface area contributed by atoms with Crippen molar-refractivity contribution in [3.8, 4) is 11.1 Å². The van der Waals surface area contributed by atoms with Gasteiger partial charge in [0.1, 0.15) is 17.5 Å². The Bertz CT molecular complexity index is 1340. The molecule has 4 heterocycles. The number of benzene rings is 1. The number of aromatic amines is 2. The van der Waals surface area contributed by atoms with Crippen LogP contribution in [0, 0.1) is 5.41 Å². The molecule has 5 rings (SSSR count). The van der Waals surface area contributed by atoms with E-state index in [0.29, 0.717) is 36.1 Å². The predicted octanol–water partition coefficient (Wildman–Crippen LogP) is 3.88. The number of rotatable bonds is 6. The summed E-state index contributed by atoms with van der Waals surface area (Å²) in [4.78, 5) is 22.0. The van der Waals surface area contributed by atoms with E-state index in [1.165, 1.54) is 13.1 Å². The number of morpholine rings is 1. The first-order chi connectivity index (χ1) is 16.5. The van der Waals surface area contributed by atoms with Crippen LogP contribution in [0.3, 0.4) is 0 Å². The molecular weight excluding hydrogens is 432 g/mol. The fraction of sp³-hybridized carbons (Fsp3) is 0.250. The zero-order valence-corrected chi connectivity index (χ0v) is 19.0. The monoisotopic (exact) mass is 458 g/mol. The van der Waals surface area contributed by atoms with E-state index in [-0.39, 0.29) is 11.9 Å². The Morgan fingerprint density at radius 3 is 2.91 bits per heavy atom. The largest absolute Gasteiger partial charge is 0.377 e. The number of amides is 1. The number of hydrogen-bond donors (Lipinski definition) is 5. The molecule has 34 heavy (non-hydrogen) atoms. The molecule has 10 heteroatoms. The molecule has 0 bridgehead atoms. The Morgan fingerprint density at radius 2 is 2.18 bits per heavy atom. The fourth-order valence-corrected chi connectivity index (χ4v) is 4.36. The van der Waals surface area contributed by atoms with E-state index < -0.39 is 0 Å². The maximum atomic E-state index is 11.7. The van der Waals surface area contributed by atoms with Gasteiger partial charge >= 0.3 is 0 Å². The number of nitrogens with one attached hydrogen (secondary N) is 5. The lowest BCUT2D eigenvalue weighted by atomic mass is 9.96. The molecule has 0 radical (unpaired) electrons. The van der Waals surface area contributed by atoms with Crippen molar-refractivity contribution in [3.05, 3.63) is 48.3 Å². The van der Waals surface area contributed by atoms with Crippen molar-refractivity contribution >= 4 is 46.2 Å². The summed E-state index contributed by atoms with van der Waals surface area (Å²) in [6.45, 7) is 5.58. The van der Waals surface area contributed by atoms with Crippen LogP contribution in [0.1, 0.15) is 19.4 Å². The van der Waals surface area contributed by atoms with Crippen LogP contribution in [0.15, 0.2) is 42.7 Å². The highest BCUT2D eigenvalue weighted by Gasteiger charge is 2.24. The molecule has 1 fully saturated rings. The van der Waals surface area contributed by atoms with Gasteiger partial charge < -0.3 is 30.7 Å². The highest BCUT2D eigenvalue weighted by Crippen LogP contribution is 2.38. The summed E-state index contributed by atoms with van der Waals surface area (Å²) in [7, 11) is 0. The lowest BCUT2D eigenvalue weighted by Crippen LogP contribution is -2.44. The van der Waals surface area contributed by atoms with E-state index in [9.17, 15) is 4.79 Å². The van der Waals surface area contributed by atoms with Gasteiger partial charge in [0.05, 0.1) is 36.7 Å². The van der Waals surface area contributed by atoms with Crippen LogP contribution in [-0.4, -0.2) is 58.1 Å². The molecule has 1 aliphatic heterocycles. The summed E-state index contributed by atoms with van der Waals surface area (Å²) >= 11 is 0. The third kappa shape index (κ3) is 3.99. The molecule has 174 valence electrons. The number of carbonyl (C=O) groups is 1. The second kappa shape index (κ2) is 8.99. The van der Waals surface area contributed by atoms with Crippen LogP contribution in [-0.2, 0) is 9.53 Å². The van der Waals surface area contributed by atoms with Crippen LogP contribution < -0.4 is 15.5 Å². The predicted molar refractivity (Wildman–Crippen MR) is 133 cm³/mol. The third-order valence-corrected chi connectivity index (χ3v) is 5.93. The zero-order chi connectivity index (χ0) is 23.7. The summed E-state index contributed by atoms with van der Waals surface area (Å²) in [5.41, 5.74) is 3.97. The summed E-state index contributed by atoms with van der Waals surface area (Å²) in [6.07, 6.45) is 4.82. The van der Waals surface area contributed by atoms with Gasteiger partial charge in [-0.3, -0.25) is 9.89 Å². The minimum Gasteiger partial charge on any atom is -0.377 e. The molecule has 0 unspecified atom stereocenters. The van der Waals surface area contributed by atoms with E-state index in [4.69, 9.17) is 15.1 Å². The van der Waals surface area contributed by atoms with E-state index in [1.54, 1.807) is 6.20 Å². The number of carbonyl (C=O) groups excluding carboxylic acids is 1. The molecule has 0 aliphatic carbocycles. The number of anilines is 4. The number of ether oxygens (including phenoxy) is 1. The van der Waals surface area contributed by atoms with Crippen molar-refractivity contribution in [2.45, 2.75) is 19.9 Å². The summed E-state index contributed by atoms with van der Waals surface area (Å²) in [6, 6.07) is 9.82. The number of aromatic nitrogens is 4. The molecule has 1 saturated heterocycles. The first-order valence-electron chi connectivity index (χ1n) is 11.1. The zero-order valence-electron chi connectivity index (χ0n) is 19.0. The minimum atomic E-state index is -0.137. The number of fused-ring (bicyclic) bond motifs is 1. The smallest absolute Gasteiger partial charge is 0.221 e. The molecule has 1 aromatic carbocycles. The number of pyridine rings is 1. The third-order valence-electron chi connectivity index (χ3n) is 5.93. The normalized spacial score (nSPS) is 15.9. The molecule has 3 aromatic heterocycles. The average Bonchev–Trinajstić information content (AvgIpc) is 3.51. The molecule has 1 aliphatic rings. The first kappa shape index (κ1) is 21.7. The van der Waals surface area contributed by atoms with E-state index in [0.717, 1.165) is 34.4 Å². The Labute approximate surface area is 196 Å². The van der Waals surface area contributed by atoms with Gasteiger partial charge in [0, 0.05) is 42.9 Å². The number of hydrogen-bond acceptors (Lipinski definition) is 7. The molecule has 0 spiro atoms. The molecule has 4 aromatic rings. The van der Waals surface area contributed by atoms with Gasteiger partial charge in [-0.05, 0) is 36.2 Å². The van der Waals surface area contributed by atoms with Crippen molar-refractivity contribution in [3.63, 3.8) is 0 Å². The van der Waals surface area contributed by atoms with Gasteiger partial charge in [-0.1, -0.05) is 6.07 Å². The van der Waals surface area contributed by atoms with Crippen molar-refractivity contribution in [2.24, 2.45) is 0 Å². The van der Waals surface area contributed by atoms with Gasteiger partial charge in [0.15, 0.2) is 0 Å². The Morgan fingerprint density at radius 1 is 1.29 bits per heavy atom. The van der Waals surface area contributed by atoms with Crippen molar-refractivity contribution in [2.75, 3.05) is 35.3 Å². The highest BCUT2D eigenvalue weighted by molar-refractivity contribution is 6.08. The topological polar surface area (TPSA) is 135 Å². The molecule has 10 nitrogen and oxygen atoms in total. The van der Waals surface area contributed by atoms with Crippen LogP contribution in [0.5, 0.6) is 0 Å². The summed E-state index contributed by atoms with van der Waals surface area (Å²) in [5.74, 6) is 1.90. The molecule has 1 amide bonds. The van der Waals surface area contributed by atoms with E-state index in [2.05, 4.69) is 37.6 Å². The standard InChI is InChI=1S/C24H26N8O2/c1-14-13-34-10-9-32(14)22-11-18(19(12-25)24(30-22)29-21-6-8-27-31-21)16-3-4-20(28-15(2)33)23-17(16)5-7-26-23/h3-8,11-12,14,25-26H,9-10,13H2,1-2H3,(H,28,33)(H2,27,29,30,31)/t14-/m1/s1. The van der Waals surface area contributed by atoms with Gasteiger partial charge in [0.2, 0.25) is 5.91 Å². The van der Waals surface area contributed by atoms with Crippen molar-refractivity contribution < 1.29 is 9.53 Å². The van der Waals surface area contributed by atoms with Gasteiger partial charge in [-0.15, -0.1) is 0 Å². The Kier molecular flexibility index (Phi) is 5.72. The van der Waals surface area contributed by atoms with E-state index in [1.807, 2.05) is 36.5 Å². The van der Waals surface area contributed by atoms with Gasteiger partial charge in [0.25, 0.3) is 0 Å². The number of nitrogens with zero attached hydrogens (tertiary/aromatic N) is 3. The van der Waals surface area contributed by atoms with Gasteiger partial charge in [-0.2, -0.15) is 5.10 Å². The maximum absolute atomic E-state index is 11.7. The maximum Gasteiger partial charge on any atom is 0.221 e. The average molecular weight is 459 g/mol. The lowest BCUT2D eigenvalue weighted by Gasteiger charge is -2.35. The molecular formula is C24H26N8O2. The van der Waals surface area contributed by atoms with Crippen LogP contribution in [0.4, 0.5) is 23.1 Å². The Hall–Kier alpha value is -4.18. The summed E-state index contributed by atoms with van der Waals surface area (Å²) < 4.78 is 5.63. The van der Waals surface area contributed by atoms with Crippen LogP contribution in [0.2, 0.25) is 0 Å². The molecule has 1 atom stereocenters. The highest BCUT2D eigenvalue weighted by atomic mass is 16.5. The number of H-pyrrole nitrogens is 2. The SMILES string of the molecule is CC(=O)Nc1ccc(-c2cc(N3CCOC[C@H]3C)nc(Nc3ccn[nH]3)c2C=N)c2cc[nH]c12. The first-order valence-corrected chi connectivity index (χ1v) is 11.1.